The van der Waals surface area contributed by atoms with E-state index in [1.165, 1.54) is 9.71 Å². The maximum atomic E-state index is 12.7. The molecule has 0 aliphatic carbocycles. The largest absolute Gasteiger partial charge is 0.339 e. The Hall–Kier alpha value is -2.70. The Kier molecular flexibility index (Phi) is 4.81. The minimum absolute atomic E-state index is 0.00898. The summed E-state index contributed by atoms with van der Waals surface area (Å²) < 4.78 is 3.11. The molecule has 1 aliphatic heterocycles. The van der Waals surface area contributed by atoms with E-state index >= 15 is 0 Å². The number of halogens is 1. The maximum Gasteiger partial charge on any atom is 0.246 e. The van der Waals surface area contributed by atoms with Gasteiger partial charge in [-0.05, 0) is 43.2 Å². The molecule has 1 aliphatic rings. The fraction of sp³-hybridized carbons (Fsp3) is 0.227. The molecule has 1 fully saturated rings. The molecule has 0 atom stereocenters. The Labute approximate surface area is 177 Å². The van der Waals surface area contributed by atoms with Gasteiger partial charge in [0.05, 0.1) is 20.9 Å². The number of aromatic nitrogens is 3. The van der Waals surface area contributed by atoms with Gasteiger partial charge in [0.2, 0.25) is 5.91 Å². The normalized spacial score (nSPS) is 15.7. The molecular weight excluding hydrogens is 404 g/mol. The van der Waals surface area contributed by atoms with E-state index in [0.717, 1.165) is 42.8 Å². The minimum Gasteiger partial charge on any atom is -0.339 e. The van der Waals surface area contributed by atoms with Gasteiger partial charge < -0.3 is 4.90 Å². The van der Waals surface area contributed by atoms with Crippen molar-refractivity contribution in [2.24, 2.45) is 0 Å². The first kappa shape index (κ1) is 18.3. The number of fused-ring (bicyclic) bond motifs is 2. The van der Waals surface area contributed by atoms with E-state index in [1.807, 2.05) is 45.8 Å². The number of hydrogen-bond donors (Lipinski definition) is 0. The van der Waals surface area contributed by atoms with Gasteiger partial charge in [0, 0.05) is 31.3 Å². The number of thiazole rings is 1. The second kappa shape index (κ2) is 7.61. The predicted molar refractivity (Wildman–Crippen MR) is 117 cm³/mol. The molecule has 29 heavy (non-hydrogen) atoms. The van der Waals surface area contributed by atoms with Crippen LogP contribution in [0.15, 0.2) is 54.7 Å². The first-order valence-electron chi connectivity index (χ1n) is 9.64. The van der Waals surface area contributed by atoms with Crippen molar-refractivity contribution in [2.45, 2.75) is 18.8 Å². The van der Waals surface area contributed by atoms with Gasteiger partial charge in [-0.2, -0.15) is 0 Å². The summed E-state index contributed by atoms with van der Waals surface area (Å²) >= 11 is 8.02. The molecule has 0 bridgehead atoms. The highest BCUT2D eigenvalue weighted by Crippen LogP contribution is 2.33. The molecule has 0 unspecified atom stereocenters. The fourth-order valence-electron chi connectivity index (χ4n) is 3.80. The third kappa shape index (κ3) is 3.54. The van der Waals surface area contributed by atoms with Gasteiger partial charge in [-0.15, -0.1) is 11.3 Å². The summed E-state index contributed by atoms with van der Waals surface area (Å²) in [5.74, 6) is 0.434. The number of likely N-dealkylation sites (tertiary alicyclic amines) is 1. The number of benzene rings is 1. The van der Waals surface area contributed by atoms with Crippen LogP contribution in [0.3, 0.4) is 0 Å². The number of carbonyl (C=O) groups is 1. The second-order valence-electron chi connectivity index (χ2n) is 7.17. The van der Waals surface area contributed by atoms with E-state index in [4.69, 9.17) is 16.6 Å². The van der Waals surface area contributed by atoms with E-state index in [2.05, 4.69) is 17.1 Å². The molecule has 1 amide bonds. The number of rotatable bonds is 3. The van der Waals surface area contributed by atoms with Crippen LogP contribution in [0.1, 0.15) is 29.5 Å². The van der Waals surface area contributed by atoms with Crippen molar-refractivity contribution in [3.05, 3.63) is 70.6 Å². The van der Waals surface area contributed by atoms with Crippen LogP contribution >= 0.6 is 22.9 Å². The molecule has 4 heterocycles. The third-order valence-electron chi connectivity index (χ3n) is 5.37. The molecule has 5 rings (SSSR count). The summed E-state index contributed by atoms with van der Waals surface area (Å²) in [6.45, 7) is 1.48. The van der Waals surface area contributed by atoms with Crippen LogP contribution in [0.2, 0.25) is 5.15 Å². The smallest absolute Gasteiger partial charge is 0.246 e. The summed E-state index contributed by atoms with van der Waals surface area (Å²) in [6, 6.07) is 14.0. The average Bonchev–Trinajstić information content (AvgIpc) is 3.32. The Morgan fingerprint density at radius 3 is 2.72 bits per heavy atom. The zero-order valence-electron chi connectivity index (χ0n) is 15.7. The van der Waals surface area contributed by atoms with Crippen molar-refractivity contribution < 1.29 is 4.79 Å². The number of pyridine rings is 1. The fourth-order valence-corrected chi connectivity index (χ4v) is 5.18. The molecule has 4 aromatic rings. The van der Waals surface area contributed by atoms with E-state index in [0.29, 0.717) is 11.1 Å². The van der Waals surface area contributed by atoms with Crippen molar-refractivity contribution in [1.29, 1.82) is 0 Å². The van der Waals surface area contributed by atoms with Crippen molar-refractivity contribution in [1.82, 2.24) is 19.3 Å². The molecule has 7 heteroatoms. The van der Waals surface area contributed by atoms with Crippen LogP contribution in [0, 0.1) is 0 Å². The van der Waals surface area contributed by atoms with Crippen LogP contribution in [-0.4, -0.2) is 38.3 Å². The van der Waals surface area contributed by atoms with Crippen molar-refractivity contribution in [2.75, 3.05) is 13.1 Å². The highest BCUT2D eigenvalue weighted by molar-refractivity contribution is 7.18. The molecule has 5 nitrogen and oxygen atoms in total. The highest BCUT2D eigenvalue weighted by Gasteiger charge is 2.25. The number of piperidine rings is 1. The molecule has 0 saturated carbocycles. The summed E-state index contributed by atoms with van der Waals surface area (Å²) in [5.41, 5.74) is 2.56. The topological polar surface area (TPSA) is 50.5 Å². The predicted octanol–water partition coefficient (Wildman–Crippen LogP) is 5.02. The zero-order chi connectivity index (χ0) is 19.8. The molecule has 3 aromatic heterocycles. The Morgan fingerprint density at radius 1 is 1.10 bits per heavy atom. The quantitative estimate of drug-likeness (QED) is 0.436. The summed E-state index contributed by atoms with van der Waals surface area (Å²) in [7, 11) is 0. The van der Waals surface area contributed by atoms with E-state index in [9.17, 15) is 4.79 Å². The number of hydrogen-bond acceptors (Lipinski definition) is 4. The van der Waals surface area contributed by atoms with E-state index in [-0.39, 0.29) is 5.91 Å². The lowest BCUT2D eigenvalue weighted by atomic mass is 9.97. The molecule has 1 saturated heterocycles. The van der Waals surface area contributed by atoms with Crippen LogP contribution in [0.4, 0.5) is 0 Å². The third-order valence-corrected chi connectivity index (χ3v) is 6.85. The lowest BCUT2D eigenvalue weighted by Gasteiger charge is -2.30. The average molecular weight is 423 g/mol. The molecular formula is C22H19ClN4OS. The van der Waals surface area contributed by atoms with Crippen LogP contribution in [0.25, 0.3) is 21.9 Å². The summed E-state index contributed by atoms with van der Waals surface area (Å²) in [5, 5.41) is 1.58. The maximum absolute atomic E-state index is 12.7. The number of nitrogens with zero attached hydrogens (tertiary/aromatic N) is 4. The van der Waals surface area contributed by atoms with Gasteiger partial charge in [-0.3, -0.25) is 9.20 Å². The van der Waals surface area contributed by atoms with Crippen LogP contribution in [0.5, 0.6) is 0 Å². The van der Waals surface area contributed by atoms with Gasteiger partial charge in [0.1, 0.15) is 5.65 Å². The van der Waals surface area contributed by atoms with Gasteiger partial charge in [0.15, 0.2) is 5.15 Å². The monoisotopic (exact) mass is 422 g/mol. The van der Waals surface area contributed by atoms with E-state index < -0.39 is 0 Å². The summed E-state index contributed by atoms with van der Waals surface area (Å²) in [6.07, 6.45) is 7.12. The van der Waals surface area contributed by atoms with Gasteiger partial charge in [-0.25, -0.2) is 9.97 Å². The molecule has 1 aromatic carbocycles. The lowest BCUT2D eigenvalue weighted by Crippen LogP contribution is -2.36. The first-order chi connectivity index (χ1) is 14.2. The lowest BCUT2D eigenvalue weighted by molar-refractivity contribution is -0.126. The number of para-hydroxylation sites is 1. The number of amides is 1. The van der Waals surface area contributed by atoms with Crippen LogP contribution in [-0.2, 0) is 4.79 Å². The van der Waals surface area contributed by atoms with E-state index in [1.54, 1.807) is 23.5 Å². The second-order valence-corrected chi connectivity index (χ2v) is 8.59. The molecule has 0 spiro atoms. The van der Waals surface area contributed by atoms with Gasteiger partial charge >= 0.3 is 0 Å². The molecule has 0 radical (unpaired) electrons. The number of imidazole rings is 1. The van der Waals surface area contributed by atoms with Crippen LogP contribution < -0.4 is 0 Å². The number of carbonyl (C=O) groups excluding carboxylic acids is 1. The Morgan fingerprint density at radius 2 is 1.90 bits per heavy atom. The first-order valence-corrected chi connectivity index (χ1v) is 10.8. The molecule has 146 valence electrons. The highest BCUT2D eigenvalue weighted by atomic mass is 35.5. The van der Waals surface area contributed by atoms with Crippen molar-refractivity contribution >= 4 is 50.8 Å². The summed E-state index contributed by atoms with van der Waals surface area (Å²) in [4.78, 5) is 23.7. The van der Waals surface area contributed by atoms with Crippen molar-refractivity contribution in [3.8, 4) is 0 Å². The minimum atomic E-state index is 0.00898. The van der Waals surface area contributed by atoms with Gasteiger partial charge in [-0.1, -0.05) is 29.8 Å². The molecule has 0 N–H and O–H groups in total. The standard InChI is InChI=1S/C22H19ClN4OS/c23-21-17(27-12-4-3-7-19(27)25-21)8-9-20(28)26-13-10-15(11-14-26)22-24-16-5-1-2-6-18(16)29-22/h1-9,12,15H,10-11,13-14H2. The zero-order valence-corrected chi connectivity index (χ0v) is 17.2. The SMILES string of the molecule is O=C(C=Cc1c(Cl)nc2ccccn12)N1CCC(c2nc3ccccc3s2)CC1. The Bertz CT molecular complexity index is 1190. The van der Waals surface area contributed by atoms with Crippen molar-refractivity contribution in [3.63, 3.8) is 0 Å². The Balaban J connectivity index is 1.26. The van der Waals surface area contributed by atoms with Gasteiger partial charge in [0.25, 0.3) is 0 Å².